The summed E-state index contributed by atoms with van der Waals surface area (Å²) < 4.78 is 5.85. The summed E-state index contributed by atoms with van der Waals surface area (Å²) in [5, 5.41) is 20.4. The van der Waals surface area contributed by atoms with Crippen molar-refractivity contribution in [1.29, 1.82) is 0 Å². The maximum absolute atomic E-state index is 9.19. The molecule has 21 heavy (non-hydrogen) atoms. The minimum absolute atomic E-state index is 0.511. The fraction of sp³-hybridized carbons (Fsp3) is 0.412. The molecule has 0 aliphatic heterocycles. The van der Waals surface area contributed by atoms with Crippen LogP contribution in [0.2, 0.25) is 0 Å². The summed E-state index contributed by atoms with van der Waals surface area (Å²) in [5.41, 5.74) is 0.511. The zero-order valence-corrected chi connectivity index (χ0v) is 12.2. The van der Waals surface area contributed by atoms with Crippen molar-refractivity contribution in [1.82, 2.24) is 0 Å². The van der Waals surface area contributed by atoms with E-state index in [0.717, 1.165) is 35.5 Å². The SMILES string of the molecule is OB(O)c1ccc2cc(OCCC3CCCC3)ccc2c1. The van der Waals surface area contributed by atoms with Crippen LogP contribution >= 0.6 is 0 Å². The summed E-state index contributed by atoms with van der Waals surface area (Å²) in [4.78, 5) is 0. The van der Waals surface area contributed by atoms with Crippen LogP contribution in [0.15, 0.2) is 36.4 Å². The largest absolute Gasteiger partial charge is 0.494 e. The van der Waals surface area contributed by atoms with Crippen LogP contribution in [0, 0.1) is 5.92 Å². The van der Waals surface area contributed by atoms with Crippen LogP contribution < -0.4 is 10.2 Å². The molecule has 1 saturated carbocycles. The molecule has 2 aromatic carbocycles. The monoisotopic (exact) mass is 284 g/mol. The van der Waals surface area contributed by atoms with E-state index in [2.05, 4.69) is 0 Å². The molecule has 0 spiro atoms. The molecular weight excluding hydrogens is 263 g/mol. The molecule has 0 aromatic heterocycles. The standard InChI is InChI=1S/C17H21BO3/c19-18(20)16-7-5-15-12-17(8-6-14(15)11-16)21-10-9-13-3-1-2-4-13/h5-8,11-13,19-20H,1-4,9-10H2. The third kappa shape index (κ3) is 3.58. The van der Waals surface area contributed by atoms with Gasteiger partial charge in [0, 0.05) is 0 Å². The highest BCUT2D eigenvalue weighted by molar-refractivity contribution is 6.58. The maximum Gasteiger partial charge on any atom is 0.488 e. The number of hydrogen-bond donors (Lipinski definition) is 2. The van der Waals surface area contributed by atoms with Gasteiger partial charge >= 0.3 is 7.12 Å². The Labute approximate surface area is 125 Å². The van der Waals surface area contributed by atoms with Crippen molar-refractivity contribution < 1.29 is 14.8 Å². The Kier molecular flexibility index (Phi) is 4.46. The molecule has 2 N–H and O–H groups in total. The fourth-order valence-corrected chi connectivity index (χ4v) is 3.14. The lowest BCUT2D eigenvalue weighted by Crippen LogP contribution is -2.29. The first-order valence-electron chi connectivity index (χ1n) is 7.75. The molecular formula is C17H21BO3. The quantitative estimate of drug-likeness (QED) is 0.829. The molecule has 0 amide bonds. The van der Waals surface area contributed by atoms with E-state index < -0.39 is 7.12 Å². The molecule has 0 heterocycles. The summed E-state index contributed by atoms with van der Waals surface area (Å²) >= 11 is 0. The van der Waals surface area contributed by atoms with Gasteiger partial charge in [0.05, 0.1) is 6.61 Å². The number of fused-ring (bicyclic) bond motifs is 1. The number of benzene rings is 2. The van der Waals surface area contributed by atoms with Crippen LogP contribution in [-0.2, 0) is 0 Å². The molecule has 2 aromatic rings. The first-order chi connectivity index (χ1) is 10.2. The first-order valence-corrected chi connectivity index (χ1v) is 7.75. The third-order valence-electron chi connectivity index (χ3n) is 4.40. The molecule has 4 heteroatoms. The van der Waals surface area contributed by atoms with Crippen LogP contribution in [0.4, 0.5) is 0 Å². The van der Waals surface area contributed by atoms with Crippen LogP contribution in [0.1, 0.15) is 32.1 Å². The minimum Gasteiger partial charge on any atom is -0.494 e. The summed E-state index contributed by atoms with van der Waals surface area (Å²) in [6.45, 7) is 0.781. The van der Waals surface area contributed by atoms with Gasteiger partial charge in [-0.05, 0) is 40.7 Å². The van der Waals surface area contributed by atoms with Crippen LogP contribution in [-0.4, -0.2) is 23.8 Å². The highest BCUT2D eigenvalue weighted by atomic mass is 16.5. The van der Waals surface area contributed by atoms with Crippen LogP contribution in [0.3, 0.4) is 0 Å². The van der Waals surface area contributed by atoms with Crippen molar-refractivity contribution in [2.45, 2.75) is 32.1 Å². The fourth-order valence-electron chi connectivity index (χ4n) is 3.14. The van der Waals surface area contributed by atoms with Gasteiger partial charge in [0.2, 0.25) is 0 Å². The molecule has 3 nitrogen and oxygen atoms in total. The number of rotatable bonds is 5. The van der Waals surface area contributed by atoms with Crippen LogP contribution in [0.5, 0.6) is 5.75 Å². The van der Waals surface area contributed by atoms with Gasteiger partial charge in [-0.15, -0.1) is 0 Å². The summed E-state index contributed by atoms with van der Waals surface area (Å²) in [6, 6.07) is 11.3. The van der Waals surface area contributed by atoms with E-state index in [1.165, 1.54) is 25.7 Å². The molecule has 110 valence electrons. The van der Waals surface area contributed by atoms with Gasteiger partial charge in [-0.2, -0.15) is 0 Å². The Balaban J connectivity index is 1.64. The molecule has 1 aliphatic carbocycles. The first kappa shape index (κ1) is 14.4. The molecule has 0 unspecified atom stereocenters. The van der Waals surface area contributed by atoms with E-state index in [1.54, 1.807) is 12.1 Å². The Morgan fingerprint density at radius 2 is 1.71 bits per heavy atom. The topological polar surface area (TPSA) is 49.7 Å². The van der Waals surface area contributed by atoms with Crippen molar-refractivity contribution in [3.63, 3.8) is 0 Å². The molecule has 3 rings (SSSR count). The molecule has 1 fully saturated rings. The van der Waals surface area contributed by atoms with Crippen molar-refractivity contribution in [3.8, 4) is 5.75 Å². The van der Waals surface area contributed by atoms with Crippen molar-refractivity contribution in [3.05, 3.63) is 36.4 Å². The number of hydrogen-bond acceptors (Lipinski definition) is 3. The Morgan fingerprint density at radius 3 is 2.48 bits per heavy atom. The second kappa shape index (κ2) is 6.50. The van der Waals surface area contributed by atoms with Gasteiger partial charge in [0.1, 0.15) is 5.75 Å². The average Bonchev–Trinajstić information content (AvgIpc) is 3.00. The smallest absolute Gasteiger partial charge is 0.488 e. The molecule has 0 atom stereocenters. The second-order valence-electron chi connectivity index (χ2n) is 5.93. The van der Waals surface area contributed by atoms with Gasteiger partial charge < -0.3 is 14.8 Å². The predicted octanol–water partition coefficient (Wildman–Crippen LogP) is 2.48. The van der Waals surface area contributed by atoms with Gasteiger partial charge in [-0.25, -0.2) is 0 Å². The summed E-state index contributed by atoms with van der Waals surface area (Å²) in [7, 11) is -1.42. The van der Waals surface area contributed by atoms with E-state index in [1.807, 2.05) is 24.3 Å². The normalized spacial score (nSPS) is 15.5. The van der Waals surface area contributed by atoms with Crippen molar-refractivity contribution in [2.24, 2.45) is 5.92 Å². The highest BCUT2D eigenvalue weighted by Gasteiger charge is 2.14. The predicted molar refractivity (Wildman–Crippen MR) is 85.8 cm³/mol. The lowest BCUT2D eigenvalue weighted by atomic mass is 9.79. The van der Waals surface area contributed by atoms with Gasteiger partial charge in [0.15, 0.2) is 0 Å². The third-order valence-corrected chi connectivity index (χ3v) is 4.40. The Hall–Kier alpha value is -1.52. The molecule has 1 aliphatic rings. The zero-order chi connectivity index (χ0) is 14.7. The van der Waals surface area contributed by atoms with E-state index in [0.29, 0.717) is 5.46 Å². The van der Waals surface area contributed by atoms with E-state index in [4.69, 9.17) is 4.74 Å². The molecule has 0 bridgehead atoms. The lowest BCUT2D eigenvalue weighted by molar-refractivity contribution is 0.279. The molecule has 0 radical (unpaired) electrons. The van der Waals surface area contributed by atoms with Crippen molar-refractivity contribution >= 4 is 23.4 Å². The van der Waals surface area contributed by atoms with Gasteiger partial charge in [-0.3, -0.25) is 0 Å². The Morgan fingerprint density at radius 1 is 1.00 bits per heavy atom. The average molecular weight is 284 g/mol. The summed E-state index contributed by atoms with van der Waals surface area (Å²) in [6.07, 6.45) is 6.60. The lowest BCUT2D eigenvalue weighted by Gasteiger charge is -2.11. The second-order valence-corrected chi connectivity index (χ2v) is 5.93. The number of ether oxygens (including phenoxy) is 1. The van der Waals surface area contributed by atoms with Crippen molar-refractivity contribution in [2.75, 3.05) is 6.61 Å². The van der Waals surface area contributed by atoms with E-state index >= 15 is 0 Å². The van der Waals surface area contributed by atoms with Gasteiger partial charge in [-0.1, -0.05) is 49.9 Å². The maximum atomic E-state index is 9.19. The van der Waals surface area contributed by atoms with Crippen LogP contribution in [0.25, 0.3) is 10.8 Å². The van der Waals surface area contributed by atoms with E-state index in [-0.39, 0.29) is 0 Å². The van der Waals surface area contributed by atoms with E-state index in [9.17, 15) is 10.0 Å². The molecule has 0 saturated heterocycles. The summed E-state index contributed by atoms with van der Waals surface area (Å²) in [5.74, 6) is 1.73. The minimum atomic E-state index is -1.42. The van der Waals surface area contributed by atoms with Gasteiger partial charge in [0.25, 0.3) is 0 Å². The highest BCUT2D eigenvalue weighted by Crippen LogP contribution is 2.28. The Bertz CT molecular complexity index is 606. The zero-order valence-electron chi connectivity index (χ0n) is 12.2.